The number of halogens is 1. The first-order chi connectivity index (χ1) is 9.24. The summed E-state index contributed by atoms with van der Waals surface area (Å²) in [6.45, 7) is 1.44. The summed E-state index contributed by atoms with van der Waals surface area (Å²) in [7, 11) is 0. The van der Waals surface area contributed by atoms with Crippen LogP contribution in [-0.2, 0) is 19.4 Å². The summed E-state index contributed by atoms with van der Waals surface area (Å²) in [5.74, 6) is 0.606. The number of hydrogen-bond acceptors (Lipinski definition) is 2. The molecule has 1 aromatic carbocycles. The number of ether oxygens (including phenoxy) is 1. The van der Waals surface area contributed by atoms with Crippen LogP contribution in [0.5, 0.6) is 5.75 Å². The number of aromatic nitrogens is 1. The Morgan fingerprint density at radius 1 is 1.37 bits per heavy atom. The third kappa shape index (κ3) is 2.63. The van der Waals surface area contributed by atoms with Crippen molar-refractivity contribution in [3.8, 4) is 5.75 Å². The normalized spacial score (nSPS) is 17.3. The highest BCUT2D eigenvalue weighted by atomic mass is 19.1. The first-order valence-corrected chi connectivity index (χ1v) is 6.54. The molecule has 0 bridgehead atoms. The predicted molar refractivity (Wildman–Crippen MR) is 71.7 cm³/mol. The molecule has 19 heavy (non-hydrogen) atoms. The van der Waals surface area contributed by atoms with Gasteiger partial charge in [0.25, 0.3) is 0 Å². The Hall–Kier alpha value is -1.81. The van der Waals surface area contributed by atoms with E-state index >= 15 is 0 Å². The van der Waals surface area contributed by atoms with Crippen molar-refractivity contribution in [2.24, 2.45) is 5.73 Å². The highest BCUT2D eigenvalue weighted by Gasteiger charge is 2.23. The van der Waals surface area contributed by atoms with Crippen molar-refractivity contribution in [3.63, 3.8) is 0 Å². The van der Waals surface area contributed by atoms with Gasteiger partial charge in [0.1, 0.15) is 17.7 Å². The minimum atomic E-state index is -0.200. The van der Waals surface area contributed by atoms with Gasteiger partial charge in [-0.05, 0) is 42.8 Å². The standard InChI is InChI=1S/C15H17FN2O/c16-13-1-2-15-12(7-13)8-14(19-15)10-18-6-4-11(9-18)3-5-17/h1-2,4,6-7,9,14H,3,5,8,10,17H2. The van der Waals surface area contributed by atoms with Gasteiger partial charge in [0.05, 0.1) is 6.54 Å². The second kappa shape index (κ2) is 5.05. The summed E-state index contributed by atoms with van der Waals surface area (Å²) in [5, 5.41) is 0. The Bertz CT molecular complexity index is 579. The zero-order valence-corrected chi connectivity index (χ0v) is 10.7. The second-order valence-corrected chi connectivity index (χ2v) is 4.95. The Morgan fingerprint density at radius 3 is 3.11 bits per heavy atom. The maximum atomic E-state index is 13.1. The van der Waals surface area contributed by atoms with Gasteiger partial charge in [-0.15, -0.1) is 0 Å². The fourth-order valence-electron chi connectivity index (χ4n) is 2.54. The molecule has 0 amide bonds. The molecule has 0 saturated carbocycles. The van der Waals surface area contributed by atoms with Crippen LogP contribution in [0.2, 0.25) is 0 Å². The molecule has 0 spiro atoms. The molecule has 3 rings (SSSR count). The molecule has 2 N–H and O–H groups in total. The van der Waals surface area contributed by atoms with E-state index in [4.69, 9.17) is 10.5 Å². The van der Waals surface area contributed by atoms with E-state index in [1.807, 2.05) is 6.20 Å². The number of rotatable bonds is 4. The summed E-state index contributed by atoms with van der Waals surface area (Å²) in [6, 6.07) is 6.79. The molecule has 0 aliphatic carbocycles. The van der Waals surface area contributed by atoms with Gasteiger partial charge in [-0.1, -0.05) is 0 Å². The van der Waals surface area contributed by atoms with Crippen LogP contribution in [0.4, 0.5) is 4.39 Å². The van der Waals surface area contributed by atoms with Crippen LogP contribution >= 0.6 is 0 Å². The molecule has 0 fully saturated rings. The predicted octanol–water partition coefficient (Wildman–Crippen LogP) is 2.13. The van der Waals surface area contributed by atoms with Gasteiger partial charge < -0.3 is 15.0 Å². The molecule has 1 aliphatic heterocycles. The fourth-order valence-corrected chi connectivity index (χ4v) is 2.54. The Labute approximate surface area is 111 Å². The average Bonchev–Trinajstić information content (AvgIpc) is 2.96. The van der Waals surface area contributed by atoms with E-state index in [0.717, 1.165) is 30.7 Å². The van der Waals surface area contributed by atoms with Gasteiger partial charge >= 0.3 is 0 Å². The van der Waals surface area contributed by atoms with Crippen molar-refractivity contribution in [2.45, 2.75) is 25.5 Å². The van der Waals surface area contributed by atoms with Crippen LogP contribution in [0, 0.1) is 5.82 Å². The van der Waals surface area contributed by atoms with Crippen LogP contribution in [0.3, 0.4) is 0 Å². The van der Waals surface area contributed by atoms with Gasteiger partial charge in [0, 0.05) is 24.4 Å². The summed E-state index contributed by atoms with van der Waals surface area (Å²) in [6.07, 6.45) is 5.87. The largest absolute Gasteiger partial charge is 0.488 e. The van der Waals surface area contributed by atoms with E-state index in [2.05, 4.69) is 16.8 Å². The van der Waals surface area contributed by atoms with Crippen molar-refractivity contribution >= 4 is 0 Å². The summed E-state index contributed by atoms with van der Waals surface area (Å²) < 4.78 is 21.1. The minimum Gasteiger partial charge on any atom is -0.488 e. The van der Waals surface area contributed by atoms with Crippen LogP contribution in [0.1, 0.15) is 11.1 Å². The number of hydrogen-bond donors (Lipinski definition) is 1. The molecule has 2 heterocycles. The molecule has 1 aliphatic rings. The fraction of sp³-hybridized carbons (Fsp3) is 0.333. The lowest BCUT2D eigenvalue weighted by atomic mass is 10.1. The third-order valence-electron chi connectivity index (χ3n) is 3.42. The summed E-state index contributed by atoms with van der Waals surface area (Å²) in [5.41, 5.74) is 7.73. The van der Waals surface area contributed by atoms with Gasteiger partial charge in [0.15, 0.2) is 0 Å². The Kier molecular flexibility index (Phi) is 3.25. The van der Waals surface area contributed by atoms with E-state index in [0.29, 0.717) is 6.54 Å². The Balaban J connectivity index is 1.66. The molecule has 0 radical (unpaired) electrons. The van der Waals surface area contributed by atoms with Gasteiger partial charge in [0.2, 0.25) is 0 Å². The first kappa shape index (κ1) is 12.2. The lowest BCUT2D eigenvalue weighted by Gasteiger charge is -2.11. The first-order valence-electron chi connectivity index (χ1n) is 6.54. The maximum Gasteiger partial charge on any atom is 0.123 e. The molecule has 0 saturated heterocycles. The van der Waals surface area contributed by atoms with Gasteiger partial charge in [-0.2, -0.15) is 0 Å². The van der Waals surface area contributed by atoms with E-state index in [-0.39, 0.29) is 11.9 Å². The van der Waals surface area contributed by atoms with E-state index < -0.39 is 0 Å². The zero-order chi connectivity index (χ0) is 13.2. The smallest absolute Gasteiger partial charge is 0.123 e. The highest BCUT2D eigenvalue weighted by Crippen LogP contribution is 2.29. The quantitative estimate of drug-likeness (QED) is 0.915. The van der Waals surface area contributed by atoms with Gasteiger partial charge in [-0.25, -0.2) is 4.39 Å². The second-order valence-electron chi connectivity index (χ2n) is 4.95. The van der Waals surface area contributed by atoms with Crippen molar-refractivity contribution in [1.82, 2.24) is 4.57 Å². The lowest BCUT2D eigenvalue weighted by Crippen LogP contribution is -2.19. The summed E-state index contributed by atoms with van der Waals surface area (Å²) >= 11 is 0. The van der Waals surface area contributed by atoms with Crippen molar-refractivity contribution in [3.05, 3.63) is 53.6 Å². The van der Waals surface area contributed by atoms with Crippen LogP contribution in [0.15, 0.2) is 36.7 Å². The Morgan fingerprint density at radius 2 is 2.26 bits per heavy atom. The van der Waals surface area contributed by atoms with E-state index in [1.54, 1.807) is 12.1 Å². The monoisotopic (exact) mass is 260 g/mol. The van der Waals surface area contributed by atoms with E-state index in [9.17, 15) is 4.39 Å². The number of nitrogens with two attached hydrogens (primary N) is 1. The number of fused-ring (bicyclic) bond motifs is 1. The third-order valence-corrected chi connectivity index (χ3v) is 3.42. The highest BCUT2D eigenvalue weighted by molar-refractivity contribution is 5.37. The minimum absolute atomic E-state index is 0.0786. The SMILES string of the molecule is NCCc1ccn(CC2Cc3cc(F)ccc3O2)c1. The maximum absolute atomic E-state index is 13.1. The molecule has 100 valence electrons. The average molecular weight is 260 g/mol. The topological polar surface area (TPSA) is 40.2 Å². The number of nitrogens with zero attached hydrogens (tertiary/aromatic N) is 1. The van der Waals surface area contributed by atoms with Gasteiger partial charge in [-0.3, -0.25) is 0 Å². The summed E-state index contributed by atoms with van der Waals surface area (Å²) in [4.78, 5) is 0. The zero-order valence-electron chi connectivity index (χ0n) is 10.7. The van der Waals surface area contributed by atoms with Crippen molar-refractivity contribution in [2.75, 3.05) is 6.54 Å². The van der Waals surface area contributed by atoms with E-state index in [1.165, 1.54) is 11.6 Å². The molecule has 4 heteroatoms. The lowest BCUT2D eigenvalue weighted by molar-refractivity contribution is 0.209. The molecule has 2 aromatic rings. The van der Waals surface area contributed by atoms with Crippen molar-refractivity contribution in [1.29, 1.82) is 0 Å². The molecular weight excluding hydrogens is 243 g/mol. The molecule has 1 aromatic heterocycles. The molecule has 1 atom stereocenters. The van der Waals surface area contributed by atoms with Crippen LogP contribution in [-0.4, -0.2) is 17.2 Å². The van der Waals surface area contributed by atoms with Crippen LogP contribution in [0.25, 0.3) is 0 Å². The molecule has 3 nitrogen and oxygen atoms in total. The number of benzene rings is 1. The molecule has 1 unspecified atom stereocenters. The molecular formula is C15H17FN2O. The van der Waals surface area contributed by atoms with Crippen molar-refractivity contribution < 1.29 is 9.13 Å². The van der Waals surface area contributed by atoms with Crippen LogP contribution < -0.4 is 10.5 Å².